The van der Waals surface area contributed by atoms with Crippen molar-refractivity contribution in [1.82, 2.24) is 9.80 Å². The standard InChI is InChI=1S/C15H20N2O3/c1-20-13-4-2-3-12(14(13)18)15(19)17-9-7-16(8-10-17)11-5-6-11/h2-4,11,18H,5-10H2,1H3. The van der Waals surface area contributed by atoms with Crippen molar-refractivity contribution in [2.24, 2.45) is 0 Å². The molecule has 1 heterocycles. The number of carbonyl (C=O) groups excluding carboxylic acids is 1. The van der Waals surface area contributed by atoms with Gasteiger partial charge in [-0.15, -0.1) is 0 Å². The number of para-hydroxylation sites is 1. The highest BCUT2D eigenvalue weighted by Gasteiger charge is 2.33. The fourth-order valence-corrected chi connectivity index (χ4v) is 2.76. The number of rotatable bonds is 3. The van der Waals surface area contributed by atoms with Gasteiger partial charge in [0.1, 0.15) is 0 Å². The summed E-state index contributed by atoms with van der Waals surface area (Å²) in [6, 6.07) is 5.77. The number of benzene rings is 1. The lowest BCUT2D eigenvalue weighted by molar-refractivity contribution is 0.0624. The Labute approximate surface area is 118 Å². The van der Waals surface area contributed by atoms with Gasteiger partial charge in [-0.2, -0.15) is 0 Å². The third-order valence-electron chi connectivity index (χ3n) is 4.11. The minimum atomic E-state index is -0.114. The predicted molar refractivity (Wildman–Crippen MR) is 75.2 cm³/mol. The second-order valence-corrected chi connectivity index (χ2v) is 5.42. The Morgan fingerprint density at radius 3 is 2.55 bits per heavy atom. The van der Waals surface area contributed by atoms with Gasteiger partial charge in [0.2, 0.25) is 0 Å². The lowest BCUT2D eigenvalue weighted by atomic mass is 10.1. The van der Waals surface area contributed by atoms with Crippen LogP contribution in [-0.4, -0.2) is 60.1 Å². The minimum Gasteiger partial charge on any atom is -0.504 e. The summed E-state index contributed by atoms with van der Waals surface area (Å²) in [5.74, 6) is 0.161. The van der Waals surface area contributed by atoms with Crippen LogP contribution >= 0.6 is 0 Å². The molecular weight excluding hydrogens is 256 g/mol. The molecule has 1 aromatic carbocycles. The van der Waals surface area contributed by atoms with E-state index in [4.69, 9.17) is 4.74 Å². The average molecular weight is 276 g/mol. The summed E-state index contributed by atoms with van der Waals surface area (Å²) in [7, 11) is 1.48. The van der Waals surface area contributed by atoms with Gasteiger partial charge in [0.25, 0.3) is 5.91 Å². The molecule has 1 aliphatic heterocycles. The molecule has 1 saturated carbocycles. The molecule has 0 bridgehead atoms. The zero-order valence-electron chi connectivity index (χ0n) is 11.7. The van der Waals surface area contributed by atoms with Crippen LogP contribution in [0.1, 0.15) is 23.2 Å². The van der Waals surface area contributed by atoms with Crippen LogP contribution in [0.3, 0.4) is 0 Å². The van der Waals surface area contributed by atoms with Crippen molar-refractivity contribution in [3.05, 3.63) is 23.8 Å². The molecule has 5 heteroatoms. The van der Waals surface area contributed by atoms with E-state index in [0.717, 1.165) is 32.2 Å². The predicted octanol–water partition coefficient (Wildman–Crippen LogP) is 1.32. The lowest BCUT2D eigenvalue weighted by Crippen LogP contribution is -2.49. The molecule has 1 aromatic rings. The Hall–Kier alpha value is -1.75. The van der Waals surface area contributed by atoms with Gasteiger partial charge >= 0.3 is 0 Å². The van der Waals surface area contributed by atoms with Gasteiger partial charge in [0, 0.05) is 32.2 Å². The van der Waals surface area contributed by atoms with Crippen molar-refractivity contribution in [3.63, 3.8) is 0 Å². The molecule has 2 fully saturated rings. The van der Waals surface area contributed by atoms with Gasteiger partial charge in [-0.1, -0.05) is 6.07 Å². The number of phenolic OH excluding ortho intramolecular Hbond substituents is 1. The molecule has 1 aliphatic carbocycles. The van der Waals surface area contributed by atoms with Crippen LogP contribution in [0.2, 0.25) is 0 Å². The number of piperazine rings is 1. The number of methoxy groups -OCH3 is 1. The summed E-state index contributed by atoms with van der Waals surface area (Å²) in [6.45, 7) is 3.32. The lowest BCUT2D eigenvalue weighted by Gasteiger charge is -2.35. The largest absolute Gasteiger partial charge is 0.504 e. The third-order valence-corrected chi connectivity index (χ3v) is 4.11. The molecule has 2 aliphatic rings. The summed E-state index contributed by atoms with van der Waals surface area (Å²) in [6.07, 6.45) is 2.59. The second kappa shape index (κ2) is 5.32. The summed E-state index contributed by atoms with van der Waals surface area (Å²) in [5, 5.41) is 10.1. The SMILES string of the molecule is COc1cccc(C(=O)N2CCN(C3CC3)CC2)c1O. The first-order valence-corrected chi connectivity index (χ1v) is 7.10. The van der Waals surface area contributed by atoms with E-state index in [-0.39, 0.29) is 11.7 Å². The molecule has 1 saturated heterocycles. The summed E-state index contributed by atoms with van der Waals surface area (Å²) < 4.78 is 5.05. The molecule has 0 atom stereocenters. The number of amides is 1. The topological polar surface area (TPSA) is 53.0 Å². The summed E-state index contributed by atoms with van der Waals surface area (Å²) in [4.78, 5) is 16.7. The quantitative estimate of drug-likeness (QED) is 0.904. The van der Waals surface area contributed by atoms with E-state index in [2.05, 4.69) is 4.90 Å². The van der Waals surface area contributed by atoms with Crippen LogP contribution in [0.4, 0.5) is 0 Å². The first-order chi connectivity index (χ1) is 9.70. The monoisotopic (exact) mass is 276 g/mol. The van der Waals surface area contributed by atoms with Crippen molar-refractivity contribution >= 4 is 5.91 Å². The van der Waals surface area contributed by atoms with E-state index in [1.54, 1.807) is 18.2 Å². The molecule has 0 spiro atoms. The van der Waals surface area contributed by atoms with Crippen LogP contribution in [-0.2, 0) is 0 Å². The fourth-order valence-electron chi connectivity index (χ4n) is 2.76. The van der Waals surface area contributed by atoms with Gasteiger partial charge in [-0.25, -0.2) is 0 Å². The number of hydrogen-bond donors (Lipinski definition) is 1. The Bertz CT molecular complexity index is 506. The second-order valence-electron chi connectivity index (χ2n) is 5.42. The maximum Gasteiger partial charge on any atom is 0.257 e. The van der Waals surface area contributed by atoms with Gasteiger partial charge in [-0.3, -0.25) is 9.69 Å². The van der Waals surface area contributed by atoms with Crippen molar-refractivity contribution in [2.45, 2.75) is 18.9 Å². The van der Waals surface area contributed by atoms with Crippen LogP contribution < -0.4 is 4.74 Å². The molecule has 1 amide bonds. The van der Waals surface area contributed by atoms with E-state index >= 15 is 0 Å². The highest BCUT2D eigenvalue weighted by Crippen LogP contribution is 2.31. The first kappa shape index (κ1) is 13.2. The van der Waals surface area contributed by atoms with Gasteiger partial charge < -0.3 is 14.7 Å². The molecule has 1 N–H and O–H groups in total. The Morgan fingerprint density at radius 2 is 1.95 bits per heavy atom. The molecule has 0 radical (unpaired) electrons. The number of nitrogens with zero attached hydrogens (tertiary/aromatic N) is 2. The van der Waals surface area contributed by atoms with Crippen molar-refractivity contribution in [2.75, 3.05) is 33.3 Å². The van der Waals surface area contributed by atoms with Gasteiger partial charge in [0.05, 0.1) is 12.7 Å². The maximum absolute atomic E-state index is 12.5. The highest BCUT2D eigenvalue weighted by molar-refractivity contribution is 5.97. The van der Waals surface area contributed by atoms with Crippen LogP contribution in [0.5, 0.6) is 11.5 Å². The number of phenols is 1. The molecule has 5 nitrogen and oxygen atoms in total. The van der Waals surface area contributed by atoms with Crippen LogP contribution in [0, 0.1) is 0 Å². The Kier molecular flexibility index (Phi) is 3.53. The molecular formula is C15H20N2O3. The minimum absolute atomic E-state index is 0.0652. The summed E-state index contributed by atoms with van der Waals surface area (Å²) >= 11 is 0. The molecule has 20 heavy (non-hydrogen) atoms. The maximum atomic E-state index is 12.5. The van der Waals surface area contributed by atoms with E-state index in [0.29, 0.717) is 11.3 Å². The molecule has 108 valence electrons. The number of hydrogen-bond acceptors (Lipinski definition) is 4. The molecule has 0 unspecified atom stereocenters. The summed E-state index contributed by atoms with van der Waals surface area (Å²) in [5.41, 5.74) is 0.323. The first-order valence-electron chi connectivity index (χ1n) is 7.10. The Balaban J connectivity index is 1.70. The number of carbonyl (C=O) groups is 1. The average Bonchev–Trinajstić information content (AvgIpc) is 3.32. The zero-order valence-corrected chi connectivity index (χ0v) is 11.7. The highest BCUT2D eigenvalue weighted by atomic mass is 16.5. The fraction of sp³-hybridized carbons (Fsp3) is 0.533. The number of ether oxygens (including phenoxy) is 1. The van der Waals surface area contributed by atoms with E-state index in [1.165, 1.54) is 20.0 Å². The smallest absolute Gasteiger partial charge is 0.257 e. The molecule has 0 aromatic heterocycles. The van der Waals surface area contributed by atoms with Gasteiger partial charge in [-0.05, 0) is 25.0 Å². The van der Waals surface area contributed by atoms with E-state index in [9.17, 15) is 9.90 Å². The van der Waals surface area contributed by atoms with E-state index < -0.39 is 0 Å². The third kappa shape index (κ3) is 2.45. The zero-order chi connectivity index (χ0) is 14.1. The van der Waals surface area contributed by atoms with Crippen molar-refractivity contribution < 1.29 is 14.6 Å². The van der Waals surface area contributed by atoms with E-state index in [1.807, 2.05) is 4.90 Å². The van der Waals surface area contributed by atoms with Crippen LogP contribution in [0.15, 0.2) is 18.2 Å². The molecule has 3 rings (SSSR count). The van der Waals surface area contributed by atoms with Crippen molar-refractivity contribution in [1.29, 1.82) is 0 Å². The van der Waals surface area contributed by atoms with Gasteiger partial charge in [0.15, 0.2) is 11.5 Å². The Morgan fingerprint density at radius 1 is 1.25 bits per heavy atom. The number of aromatic hydroxyl groups is 1. The van der Waals surface area contributed by atoms with Crippen LogP contribution in [0.25, 0.3) is 0 Å². The van der Waals surface area contributed by atoms with Crippen molar-refractivity contribution in [3.8, 4) is 11.5 Å². The normalized spacial score (nSPS) is 19.9.